The van der Waals surface area contributed by atoms with Crippen molar-refractivity contribution in [2.24, 2.45) is 24.8 Å². The van der Waals surface area contributed by atoms with Crippen molar-refractivity contribution in [3.8, 4) is 34.3 Å². The summed E-state index contributed by atoms with van der Waals surface area (Å²) in [6, 6.07) is 16.1. The molecule has 0 bridgehead atoms. The van der Waals surface area contributed by atoms with E-state index in [4.69, 9.17) is 28.9 Å². The van der Waals surface area contributed by atoms with Gasteiger partial charge in [0.2, 0.25) is 5.67 Å². The van der Waals surface area contributed by atoms with Crippen LogP contribution in [0.3, 0.4) is 0 Å². The number of carboxylic acids is 2. The molecule has 3 saturated carbocycles. The van der Waals surface area contributed by atoms with Gasteiger partial charge in [-0.15, -0.1) is 10.2 Å². The van der Waals surface area contributed by atoms with E-state index in [2.05, 4.69) is 31.3 Å². The lowest BCUT2D eigenvalue weighted by molar-refractivity contribution is -0.157. The van der Waals surface area contributed by atoms with Gasteiger partial charge in [-0.2, -0.15) is 0 Å². The first-order valence-corrected chi connectivity index (χ1v) is 23.3. The van der Waals surface area contributed by atoms with Crippen molar-refractivity contribution in [2.45, 2.75) is 122 Å². The number of aliphatic carboxylic acids is 2. The van der Waals surface area contributed by atoms with Crippen LogP contribution in [0.1, 0.15) is 92.5 Å². The SMILES string of the molecule is Cc1nc(-c2nnn(C)c2CNC(=O)OCc2ccccc2)ccc1OC1CC(Cn2nnc(-c3ccc(O[C@H]4CCC[C@H](C(=O)O)C4)c(C)n3)c2CNC(=O)OCCC2CC2)C[C@](F)(C(=O)O)C1. The Morgan fingerprint density at radius 3 is 2.04 bits per heavy atom. The van der Waals surface area contributed by atoms with Gasteiger partial charge in [0.15, 0.2) is 0 Å². The molecular formula is C48H57FN10O10. The van der Waals surface area contributed by atoms with E-state index in [1.807, 2.05) is 30.3 Å². The number of hydrogen-bond donors (Lipinski definition) is 4. The average Bonchev–Trinajstić information content (AvgIpc) is 3.96. The summed E-state index contributed by atoms with van der Waals surface area (Å²) in [4.78, 5) is 59.1. The fraction of sp³-hybridized carbons (Fsp3) is 0.500. The zero-order valence-corrected chi connectivity index (χ0v) is 38.8. The molecule has 3 aliphatic rings. The maximum absolute atomic E-state index is 16.5. The summed E-state index contributed by atoms with van der Waals surface area (Å²) in [6.45, 7) is 3.87. The van der Waals surface area contributed by atoms with Gasteiger partial charge in [-0.3, -0.25) is 4.79 Å². The molecule has 0 spiro atoms. The van der Waals surface area contributed by atoms with E-state index in [-0.39, 0.29) is 51.8 Å². The van der Waals surface area contributed by atoms with Gasteiger partial charge < -0.3 is 39.8 Å². The highest BCUT2D eigenvalue weighted by Gasteiger charge is 2.48. The molecule has 5 aromatic rings. The van der Waals surface area contributed by atoms with Crippen LogP contribution in [0.4, 0.5) is 14.0 Å². The van der Waals surface area contributed by atoms with E-state index >= 15 is 4.39 Å². The van der Waals surface area contributed by atoms with Crippen LogP contribution in [-0.2, 0) is 52.4 Å². The Morgan fingerprint density at radius 2 is 1.39 bits per heavy atom. The molecule has 2 amide bonds. The summed E-state index contributed by atoms with van der Waals surface area (Å²) in [5, 5.41) is 42.6. The molecule has 0 saturated heterocycles. The van der Waals surface area contributed by atoms with Crippen LogP contribution >= 0.6 is 0 Å². The largest absolute Gasteiger partial charge is 0.489 e. The second-order valence-electron chi connectivity index (χ2n) is 18.2. The van der Waals surface area contributed by atoms with Gasteiger partial charge in [0.05, 0.1) is 65.9 Å². The number of nitrogens with one attached hydrogen (secondary N) is 2. The Morgan fingerprint density at radius 1 is 0.754 bits per heavy atom. The van der Waals surface area contributed by atoms with Gasteiger partial charge in [-0.1, -0.05) is 53.6 Å². The predicted octanol–water partition coefficient (Wildman–Crippen LogP) is 6.66. The summed E-state index contributed by atoms with van der Waals surface area (Å²) in [5.41, 5.74) is 1.79. The van der Waals surface area contributed by atoms with Crippen molar-refractivity contribution in [1.82, 2.24) is 50.6 Å². The Labute approximate surface area is 397 Å². The first kappa shape index (κ1) is 48.3. The van der Waals surface area contributed by atoms with Crippen LogP contribution in [0.2, 0.25) is 0 Å². The molecule has 1 aromatic carbocycles. The highest BCUT2D eigenvalue weighted by Crippen LogP contribution is 2.40. The van der Waals surface area contributed by atoms with E-state index in [1.165, 1.54) is 9.36 Å². The standard InChI is InChI=1S/C48H57FN10O10/c1-28-40(68-34-11-7-10-33(21-34)44(60)61)16-15-37(53-28)43-39(25-51-46(64)66-19-18-30-12-13-30)59(57-55-43)26-32-20-35(23-48(49,22-32)45(62)63)69-41-17-14-36(52-29(41)2)42-38(58(3)56-54-42)24-50-47(65)67-27-31-8-5-4-6-9-31/h4-6,8-9,14-17,30,32-35H,7,10-13,18-27H2,1-3H3,(H,50,65)(H,51,64)(H,60,61)(H,62,63)/t32?,33-,34-,35?,48+/m0/s1. The van der Waals surface area contributed by atoms with Crippen LogP contribution in [0.25, 0.3) is 22.8 Å². The number of rotatable bonds is 19. The van der Waals surface area contributed by atoms with Crippen molar-refractivity contribution >= 4 is 24.1 Å². The molecule has 0 radical (unpaired) electrons. The van der Waals surface area contributed by atoms with Crippen LogP contribution < -0.4 is 20.1 Å². The number of aromatic nitrogens is 8. The Hall–Kier alpha value is -7.19. The zero-order chi connectivity index (χ0) is 48.7. The van der Waals surface area contributed by atoms with Gasteiger partial charge >= 0.3 is 24.1 Å². The lowest BCUT2D eigenvalue weighted by Gasteiger charge is -2.37. The molecule has 5 atom stereocenters. The van der Waals surface area contributed by atoms with E-state index in [0.29, 0.717) is 75.8 Å². The van der Waals surface area contributed by atoms with Crippen molar-refractivity contribution in [3.63, 3.8) is 0 Å². The first-order valence-electron chi connectivity index (χ1n) is 23.3. The second-order valence-corrected chi connectivity index (χ2v) is 18.2. The third-order valence-corrected chi connectivity index (χ3v) is 12.9. The number of aryl methyl sites for hydroxylation is 3. The molecule has 4 N–H and O–H groups in total. The lowest BCUT2D eigenvalue weighted by atomic mass is 9.77. The number of hydrogen-bond acceptors (Lipinski definition) is 14. The Kier molecular flexibility index (Phi) is 15.0. The summed E-state index contributed by atoms with van der Waals surface area (Å²) in [5.74, 6) is -2.13. The number of halogens is 1. The molecule has 2 unspecified atom stereocenters. The first-order chi connectivity index (χ1) is 33.2. The van der Waals surface area contributed by atoms with E-state index in [0.717, 1.165) is 37.7 Å². The number of carbonyl (C=O) groups is 4. The van der Waals surface area contributed by atoms with Crippen molar-refractivity contribution in [2.75, 3.05) is 6.61 Å². The van der Waals surface area contributed by atoms with Crippen molar-refractivity contribution in [1.29, 1.82) is 0 Å². The molecular weight excluding hydrogens is 896 g/mol. The minimum Gasteiger partial charge on any atom is -0.489 e. The normalized spacial score (nSPS) is 21.2. The van der Waals surface area contributed by atoms with Crippen LogP contribution in [0.5, 0.6) is 11.5 Å². The number of nitrogens with zero attached hydrogens (tertiary/aromatic N) is 8. The molecule has 3 fully saturated rings. The molecule has 8 rings (SSSR count). The quantitative estimate of drug-likeness (QED) is 0.0674. The smallest absolute Gasteiger partial charge is 0.407 e. The average molecular weight is 953 g/mol. The summed E-state index contributed by atoms with van der Waals surface area (Å²) in [7, 11) is 1.69. The summed E-state index contributed by atoms with van der Waals surface area (Å²) >= 11 is 0. The number of benzene rings is 1. The second kappa shape index (κ2) is 21.4. The molecule has 20 nitrogen and oxygen atoms in total. The zero-order valence-electron chi connectivity index (χ0n) is 38.8. The molecule has 4 heterocycles. The van der Waals surface area contributed by atoms with E-state index in [9.17, 15) is 29.4 Å². The van der Waals surface area contributed by atoms with Gasteiger partial charge in [-0.05, 0) is 100 Å². The van der Waals surface area contributed by atoms with Crippen molar-refractivity contribution in [3.05, 3.63) is 82.9 Å². The van der Waals surface area contributed by atoms with Crippen LogP contribution in [0, 0.1) is 31.6 Å². The predicted molar refractivity (Wildman–Crippen MR) is 243 cm³/mol. The Balaban J connectivity index is 0.969. The van der Waals surface area contributed by atoms with Gasteiger partial charge in [0.25, 0.3) is 0 Å². The topological polar surface area (TPSA) is 257 Å². The van der Waals surface area contributed by atoms with Crippen molar-refractivity contribution < 1.29 is 52.7 Å². The fourth-order valence-electron chi connectivity index (χ4n) is 9.02. The van der Waals surface area contributed by atoms with Crippen LogP contribution in [-0.4, -0.2) is 98.8 Å². The number of pyridine rings is 2. The number of alkyl halides is 1. The molecule has 69 heavy (non-hydrogen) atoms. The van der Waals surface area contributed by atoms with E-state index in [1.54, 1.807) is 45.2 Å². The minimum absolute atomic E-state index is 0.0333. The third kappa shape index (κ3) is 12.3. The summed E-state index contributed by atoms with van der Waals surface area (Å²) in [6.07, 6.45) is 2.60. The highest BCUT2D eigenvalue weighted by molar-refractivity contribution is 5.77. The molecule has 21 heteroatoms. The number of carboxylic acid groups (broad SMARTS) is 2. The maximum atomic E-state index is 16.5. The molecule has 366 valence electrons. The van der Waals surface area contributed by atoms with Gasteiger partial charge in [0.1, 0.15) is 35.6 Å². The molecule has 4 aromatic heterocycles. The maximum Gasteiger partial charge on any atom is 0.407 e. The minimum atomic E-state index is -2.64. The number of carbonyl (C=O) groups excluding carboxylic acids is 2. The van der Waals surface area contributed by atoms with Gasteiger partial charge in [-0.25, -0.2) is 38.1 Å². The monoisotopic (exact) mass is 952 g/mol. The highest BCUT2D eigenvalue weighted by atomic mass is 19.1. The summed E-state index contributed by atoms with van der Waals surface area (Å²) < 4.78 is 42.9. The number of alkyl carbamates (subject to hydrolysis) is 2. The Bertz CT molecular complexity index is 2640. The number of ether oxygens (including phenoxy) is 4. The van der Waals surface area contributed by atoms with Crippen LogP contribution in [0.15, 0.2) is 54.6 Å². The fourth-order valence-corrected chi connectivity index (χ4v) is 9.02. The number of amides is 2. The molecule has 3 aliphatic carbocycles. The molecule has 0 aliphatic heterocycles. The lowest BCUT2D eigenvalue weighted by Crippen LogP contribution is -2.46. The van der Waals surface area contributed by atoms with Gasteiger partial charge in [0, 0.05) is 20.0 Å². The third-order valence-electron chi connectivity index (χ3n) is 12.9. The van der Waals surface area contributed by atoms with E-state index < -0.39 is 54.2 Å².